The van der Waals surface area contributed by atoms with E-state index in [0.717, 1.165) is 11.1 Å². The monoisotopic (exact) mass is 343 g/mol. The molecule has 6 heteroatoms. The number of methoxy groups -OCH3 is 1. The molecule has 0 aliphatic heterocycles. The minimum Gasteiger partial charge on any atom is -0.482 e. The summed E-state index contributed by atoms with van der Waals surface area (Å²) in [6, 6.07) is 14.5. The first-order valence-corrected chi connectivity index (χ1v) is 7.88. The maximum Gasteiger partial charge on any atom is 0.341 e. The van der Waals surface area contributed by atoms with Crippen molar-refractivity contribution in [3.8, 4) is 5.75 Å². The van der Waals surface area contributed by atoms with E-state index in [1.165, 1.54) is 0 Å². The predicted molar refractivity (Wildman–Crippen MR) is 92.8 cm³/mol. The first-order valence-electron chi connectivity index (χ1n) is 7.88. The molecule has 0 saturated carbocycles. The molecule has 2 rings (SSSR count). The third kappa shape index (κ3) is 6.27. The van der Waals surface area contributed by atoms with Crippen molar-refractivity contribution >= 4 is 11.9 Å². The van der Waals surface area contributed by atoms with Crippen LogP contribution in [0.2, 0.25) is 0 Å². The predicted octanol–water partition coefficient (Wildman–Crippen LogP) is 2.27. The molecule has 0 atom stereocenters. The second-order valence-electron chi connectivity index (χ2n) is 5.47. The van der Waals surface area contributed by atoms with Gasteiger partial charge in [0.15, 0.2) is 6.61 Å². The van der Waals surface area contributed by atoms with Crippen molar-refractivity contribution in [3.63, 3.8) is 0 Å². The van der Waals surface area contributed by atoms with Gasteiger partial charge in [-0.15, -0.1) is 0 Å². The van der Waals surface area contributed by atoms with Gasteiger partial charge in [0.2, 0.25) is 0 Å². The van der Waals surface area contributed by atoms with Gasteiger partial charge in [-0.2, -0.15) is 0 Å². The normalized spacial score (nSPS) is 10.3. The Hall–Kier alpha value is -2.86. The summed E-state index contributed by atoms with van der Waals surface area (Å²) in [5.74, 6) is -0.633. The largest absolute Gasteiger partial charge is 0.482 e. The third-order valence-corrected chi connectivity index (χ3v) is 3.49. The third-order valence-electron chi connectivity index (χ3n) is 3.49. The molecule has 2 N–H and O–H groups in total. The van der Waals surface area contributed by atoms with E-state index in [1.807, 2.05) is 30.3 Å². The van der Waals surface area contributed by atoms with Gasteiger partial charge < -0.3 is 19.9 Å². The van der Waals surface area contributed by atoms with Gasteiger partial charge in [0.05, 0.1) is 6.61 Å². The van der Waals surface area contributed by atoms with E-state index in [-0.39, 0.29) is 12.5 Å². The SMILES string of the molecule is COCc1cccc(C(=O)NCCc2ccc(OCC(=O)O)cc2)c1. The maximum atomic E-state index is 12.2. The summed E-state index contributed by atoms with van der Waals surface area (Å²) in [6.45, 7) is 0.609. The Morgan fingerprint density at radius 2 is 1.84 bits per heavy atom. The number of rotatable bonds is 9. The highest BCUT2D eigenvalue weighted by Crippen LogP contribution is 2.12. The Kier molecular flexibility index (Phi) is 6.98. The van der Waals surface area contributed by atoms with Gasteiger partial charge in [0.25, 0.3) is 5.91 Å². The Labute approximate surface area is 146 Å². The van der Waals surface area contributed by atoms with E-state index in [4.69, 9.17) is 14.6 Å². The highest BCUT2D eigenvalue weighted by atomic mass is 16.5. The lowest BCUT2D eigenvalue weighted by Gasteiger charge is -2.08. The zero-order valence-corrected chi connectivity index (χ0v) is 14.0. The van der Waals surface area contributed by atoms with Crippen LogP contribution >= 0.6 is 0 Å². The van der Waals surface area contributed by atoms with Gasteiger partial charge in [-0.05, 0) is 41.8 Å². The number of carbonyl (C=O) groups is 2. The molecule has 6 nitrogen and oxygen atoms in total. The van der Waals surface area contributed by atoms with Crippen LogP contribution in [0.15, 0.2) is 48.5 Å². The van der Waals surface area contributed by atoms with Crippen LogP contribution in [-0.2, 0) is 22.6 Å². The number of carboxylic acid groups (broad SMARTS) is 1. The summed E-state index contributed by atoms with van der Waals surface area (Å²) in [6.07, 6.45) is 0.669. The topological polar surface area (TPSA) is 84.9 Å². The standard InChI is InChI=1S/C19H21NO5/c1-24-12-15-3-2-4-16(11-15)19(23)20-10-9-14-5-7-17(8-6-14)25-13-18(21)22/h2-8,11H,9-10,12-13H2,1H3,(H,20,23)(H,21,22). The second kappa shape index (κ2) is 9.44. The molecule has 25 heavy (non-hydrogen) atoms. The van der Waals surface area contributed by atoms with Crippen LogP contribution in [0.3, 0.4) is 0 Å². The van der Waals surface area contributed by atoms with Crippen LogP contribution in [0.4, 0.5) is 0 Å². The van der Waals surface area contributed by atoms with Crippen LogP contribution in [0.1, 0.15) is 21.5 Å². The molecule has 0 radical (unpaired) electrons. The fraction of sp³-hybridized carbons (Fsp3) is 0.263. The van der Waals surface area contributed by atoms with E-state index in [1.54, 1.807) is 25.3 Å². The smallest absolute Gasteiger partial charge is 0.341 e. The zero-order valence-electron chi connectivity index (χ0n) is 14.0. The number of aliphatic carboxylic acids is 1. The number of carboxylic acids is 1. The Bertz CT molecular complexity index is 712. The van der Waals surface area contributed by atoms with Gasteiger partial charge in [-0.25, -0.2) is 4.79 Å². The zero-order chi connectivity index (χ0) is 18.1. The van der Waals surface area contributed by atoms with Crippen LogP contribution in [0.5, 0.6) is 5.75 Å². The molecular formula is C19H21NO5. The van der Waals surface area contributed by atoms with E-state index in [9.17, 15) is 9.59 Å². The average molecular weight is 343 g/mol. The minimum absolute atomic E-state index is 0.126. The van der Waals surface area contributed by atoms with Gasteiger partial charge >= 0.3 is 5.97 Å². The molecule has 0 spiro atoms. The molecule has 0 heterocycles. The van der Waals surface area contributed by atoms with Crippen molar-refractivity contribution in [2.45, 2.75) is 13.0 Å². The molecule has 2 aromatic carbocycles. The fourth-order valence-corrected chi connectivity index (χ4v) is 2.29. The molecule has 0 aliphatic carbocycles. The Morgan fingerprint density at radius 1 is 1.08 bits per heavy atom. The van der Waals surface area contributed by atoms with Crippen molar-refractivity contribution in [2.24, 2.45) is 0 Å². The molecule has 132 valence electrons. The molecule has 2 aromatic rings. The van der Waals surface area contributed by atoms with Crippen molar-refractivity contribution in [2.75, 3.05) is 20.3 Å². The fourth-order valence-electron chi connectivity index (χ4n) is 2.29. The number of amides is 1. The van der Waals surface area contributed by atoms with E-state index < -0.39 is 5.97 Å². The first-order chi connectivity index (χ1) is 12.1. The van der Waals surface area contributed by atoms with Crippen LogP contribution < -0.4 is 10.1 Å². The minimum atomic E-state index is -1.01. The highest BCUT2D eigenvalue weighted by molar-refractivity contribution is 5.94. The second-order valence-corrected chi connectivity index (χ2v) is 5.47. The Balaban J connectivity index is 1.80. The number of ether oxygens (including phenoxy) is 2. The van der Waals surface area contributed by atoms with Crippen molar-refractivity contribution in [1.29, 1.82) is 0 Å². The van der Waals surface area contributed by atoms with Gasteiger partial charge in [0, 0.05) is 19.2 Å². The summed E-state index contributed by atoms with van der Waals surface area (Å²) < 4.78 is 10.1. The highest BCUT2D eigenvalue weighted by Gasteiger charge is 2.06. The number of nitrogens with one attached hydrogen (secondary N) is 1. The van der Waals surface area contributed by atoms with Crippen molar-refractivity contribution in [3.05, 3.63) is 65.2 Å². The molecule has 0 bridgehead atoms. The first kappa shape index (κ1) is 18.5. The van der Waals surface area contributed by atoms with E-state index in [0.29, 0.717) is 30.9 Å². The van der Waals surface area contributed by atoms with Crippen LogP contribution in [-0.4, -0.2) is 37.2 Å². The molecular weight excluding hydrogens is 322 g/mol. The quantitative estimate of drug-likeness (QED) is 0.730. The molecule has 0 aliphatic rings. The number of hydrogen-bond acceptors (Lipinski definition) is 4. The summed E-state index contributed by atoms with van der Waals surface area (Å²) in [7, 11) is 1.62. The van der Waals surface area contributed by atoms with E-state index in [2.05, 4.69) is 5.32 Å². The molecule has 0 saturated heterocycles. The van der Waals surface area contributed by atoms with Crippen molar-refractivity contribution < 1.29 is 24.2 Å². The summed E-state index contributed by atoms with van der Waals surface area (Å²) in [5, 5.41) is 11.4. The lowest BCUT2D eigenvalue weighted by Crippen LogP contribution is -2.25. The molecule has 0 aromatic heterocycles. The van der Waals surface area contributed by atoms with Gasteiger partial charge in [-0.3, -0.25) is 4.79 Å². The number of benzene rings is 2. The van der Waals surface area contributed by atoms with Gasteiger partial charge in [0.1, 0.15) is 5.75 Å². The van der Waals surface area contributed by atoms with Crippen molar-refractivity contribution in [1.82, 2.24) is 5.32 Å². The molecule has 1 amide bonds. The van der Waals surface area contributed by atoms with Crippen LogP contribution in [0, 0.1) is 0 Å². The number of carbonyl (C=O) groups excluding carboxylic acids is 1. The number of hydrogen-bond donors (Lipinski definition) is 2. The average Bonchev–Trinajstić information content (AvgIpc) is 2.61. The lowest BCUT2D eigenvalue weighted by atomic mass is 10.1. The molecule has 0 unspecified atom stereocenters. The lowest BCUT2D eigenvalue weighted by molar-refractivity contribution is -0.139. The summed E-state index contributed by atoms with van der Waals surface area (Å²) in [4.78, 5) is 22.6. The van der Waals surface area contributed by atoms with Crippen LogP contribution in [0.25, 0.3) is 0 Å². The van der Waals surface area contributed by atoms with Gasteiger partial charge in [-0.1, -0.05) is 24.3 Å². The van der Waals surface area contributed by atoms with E-state index >= 15 is 0 Å². The summed E-state index contributed by atoms with van der Waals surface area (Å²) >= 11 is 0. The Morgan fingerprint density at radius 3 is 2.52 bits per heavy atom. The molecule has 0 fully saturated rings. The summed E-state index contributed by atoms with van der Waals surface area (Å²) in [5.41, 5.74) is 2.58. The maximum absolute atomic E-state index is 12.2.